The number of nitrogens with zero attached hydrogens (tertiary/aromatic N) is 1. The highest BCUT2D eigenvalue weighted by Gasteiger charge is 2.39. The lowest BCUT2D eigenvalue weighted by molar-refractivity contribution is -0.148. The molecule has 5 nitrogen and oxygen atoms in total. The van der Waals surface area contributed by atoms with E-state index in [4.69, 9.17) is 9.47 Å². The molecule has 5 heteroatoms. The van der Waals surface area contributed by atoms with E-state index < -0.39 is 5.41 Å². The highest BCUT2D eigenvalue weighted by Crippen LogP contribution is 2.23. The van der Waals surface area contributed by atoms with E-state index in [1.165, 1.54) is 0 Å². The molecule has 1 N–H and O–H groups in total. The molecule has 0 aromatic carbocycles. The molecule has 0 atom stereocenters. The van der Waals surface area contributed by atoms with Crippen molar-refractivity contribution in [1.29, 1.82) is 0 Å². The van der Waals surface area contributed by atoms with Crippen molar-refractivity contribution in [2.24, 2.45) is 5.41 Å². The van der Waals surface area contributed by atoms with Gasteiger partial charge in [-0.15, -0.1) is 0 Å². The maximum absolute atomic E-state index is 12.3. The number of hydrogen-bond acceptors (Lipinski definition) is 4. The molecule has 0 unspecified atom stereocenters. The molecule has 1 amide bonds. The molecule has 2 rings (SSSR count). The lowest BCUT2D eigenvalue weighted by Gasteiger charge is -2.45. The smallest absolute Gasteiger partial charge is 0.230 e. The van der Waals surface area contributed by atoms with Gasteiger partial charge in [0.15, 0.2) is 0 Å². The number of rotatable bonds is 5. The lowest BCUT2D eigenvalue weighted by atomic mass is 9.90. The maximum atomic E-state index is 12.3. The SMILES string of the molecule is COCC(C)(C)C(=O)N1CC(NC2CCOCC2)C1. The van der Waals surface area contributed by atoms with Crippen molar-refractivity contribution < 1.29 is 14.3 Å². The summed E-state index contributed by atoms with van der Waals surface area (Å²) in [7, 11) is 1.64. The second-order valence-electron chi connectivity index (χ2n) is 6.28. The quantitative estimate of drug-likeness (QED) is 0.796. The number of ether oxygens (including phenoxy) is 2. The van der Waals surface area contributed by atoms with Crippen LogP contribution in [-0.2, 0) is 14.3 Å². The van der Waals surface area contributed by atoms with Crippen LogP contribution in [0.5, 0.6) is 0 Å². The molecule has 0 aliphatic carbocycles. The first-order chi connectivity index (χ1) is 9.03. The molecule has 0 spiro atoms. The Morgan fingerprint density at radius 1 is 1.32 bits per heavy atom. The summed E-state index contributed by atoms with van der Waals surface area (Å²) in [5, 5.41) is 3.62. The summed E-state index contributed by atoms with van der Waals surface area (Å²) in [6.07, 6.45) is 2.17. The van der Waals surface area contributed by atoms with E-state index in [1.807, 2.05) is 18.7 Å². The summed E-state index contributed by atoms with van der Waals surface area (Å²) in [5.41, 5.74) is -0.418. The topological polar surface area (TPSA) is 50.8 Å². The molecule has 0 radical (unpaired) electrons. The summed E-state index contributed by atoms with van der Waals surface area (Å²) in [6, 6.07) is 1.01. The van der Waals surface area contributed by atoms with E-state index in [-0.39, 0.29) is 5.91 Å². The Labute approximate surface area is 115 Å². The van der Waals surface area contributed by atoms with Gasteiger partial charge in [0.25, 0.3) is 0 Å². The number of amides is 1. The fraction of sp³-hybridized carbons (Fsp3) is 0.929. The van der Waals surface area contributed by atoms with E-state index in [0.29, 0.717) is 18.7 Å². The summed E-state index contributed by atoms with van der Waals surface area (Å²) in [4.78, 5) is 14.2. The van der Waals surface area contributed by atoms with Crippen molar-refractivity contribution in [3.8, 4) is 0 Å². The van der Waals surface area contributed by atoms with Crippen LogP contribution in [0.1, 0.15) is 26.7 Å². The average Bonchev–Trinajstić information content (AvgIpc) is 2.33. The first kappa shape index (κ1) is 14.8. The lowest BCUT2D eigenvalue weighted by Crippen LogP contribution is -2.64. The Morgan fingerprint density at radius 3 is 2.53 bits per heavy atom. The number of methoxy groups -OCH3 is 1. The van der Waals surface area contributed by atoms with E-state index in [9.17, 15) is 4.79 Å². The third-order valence-corrected chi connectivity index (χ3v) is 3.95. The van der Waals surface area contributed by atoms with Crippen LogP contribution in [0, 0.1) is 5.41 Å². The van der Waals surface area contributed by atoms with Crippen LogP contribution in [0.4, 0.5) is 0 Å². The second kappa shape index (κ2) is 6.20. The van der Waals surface area contributed by atoms with Gasteiger partial charge in [-0.3, -0.25) is 4.79 Å². The van der Waals surface area contributed by atoms with Gasteiger partial charge in [-0.25, -0.2) is 0 Å². The van der Waals surface area contributed by atoms with Crippen LogP contribution in [0.3, 0.4) is 0 Å². The van der Waals surface area contributed by atoms with Gasteiger partial charge in [0.1, 0.15) is 0 Å². The summed E-state index contributed by atoms with van der Waals surface area (Å²) in [5.74, 6) is 0.194. The number of carbonyl (C=O) groups excluding carboxylic acids is 1. The van der Waals surface area contributed by atoms with Crippen molar-refractivity contribution in [2.75, 3.05) is 40.0 Å². The van der Waals surface area contributed by atoms with Gasteiger partial charge in [-0.1, -0.05) is 0 Å². The molecule has 0 bridgehead atoms. The predicted molar refractivity (Wildman–Crippen MR) is 73.0 cm³/mol. The van der Waals surface area contributed by atoms with Gasteiger partial charge in [0.2, 0.25) is 5.91 Å². The Morgan fingerprint density at radius 2 is 1.95 bits per heavy atom. The molecule has 2 fully saturated rings. The monoisotopic (exact) mass is 270 g/mol. The van der Waals surface area contributed by atoms with E-state index >= 15 is 0 Å². The minimum atomic E-state index is -0.418. The zero-order valence-electron chi connectivity index (χ0n) is 12.3. The Bertz CT molecular complexity index is 308. The van der Waals surface area contributed by atoms with Crippen LogP contribution < -0.4 is 5.32 Å². The van der Waals surface area contributed by atoms with E-state index in [0.717, 1.165) is 39.1 Å². The maximum Gasteiger partial charge on any atom is 0.230 e. The molecule has 2 saturated heterocycles. The van der Waals surface area contributed by atoms with Gasteiger partial charge in [0, 0.05) is 45.5 Å². The van der Waals surface area contributed by atoms with Crippen molar-refractivity contribution >= 4 is 5.91 Å². The standard InChI is InChI=1S/C14H26N2O3/c1-14(2,10-18-3)13(17)16-8-12(9-16)15-11-4-6-19-7-5-11/h11-12,15H,4-10H2,1-3H3. The molecule has 110 valence electrons. The molecule has 2 aliphatic rings. The minimum Gasteiger partial charge on any atom is -0.384 e. The van der Waals surface area contributed by atoms with Crippen LogP contribution in [0.2, 0.25) is 0 Å². The zero-order chi connectivity index (χ0) is 13.9. The van der Waals surface area contributed by atoms with Gasteiger partial charge >= 0.3 is 0 Å². The first-order valence-corrected chi connectivity index (χ1v) is 7.15. The molecule has 2 aliphatic heterocycles. The molecule has 19 heavy (non-hydrogen) atoms. The second-order valence-corrected chi connectivity index (χ2v) is 6.28. The third-order valence-electron chi connectivity index (χ3n) is 3.95. The summed E-state index contributed by atoms with van der Waals surface area (Å²) < 4.78 is 10.5. The fourth-order valence-electron chi connectivity index (χ4n) is 2.80. The van der Waals surface area contributed by atoms with Gasteiger partial charge in [-0.05, 0) is 26.7 Å². The normalized spacial score (nSPS) is 22.4. The van der Waals surface area contributed by atoms with Crippen molar-refractivity contribution in [3.05, 3.63) is 0 Å². The number of likely N-dealkylation sites (tertiary alicyclic amines) is 1. The van der Waals surface area contributed by atoms with Crippen LogP contribution in [0.15, 0.2) is 0 Å². The Hall–Kier alpha value is -0.650. The number of carbonyl (C=O) groups is 1. The van der Waals surface area contributed by atoms with Gasteiger partial charge in [0.05, 0.1) is 12.0 Å². The largest absolute Gasteiger partial charge is 0.384 e. The molecular formula is C14H26N2O3. The molecule has 0 saturated carbocycles. The Balaban J connectivity index is 1.71. The summed E-state index contributed by atoms with van der Waals surface area (Å²) >= 11 is 0. The fourth-order valence-corrected chi connectivity index (χ4v) is 2.80. The molecule has 0 aromatic heterocycles. The predicted octanol–water partition coefficient (Wildman–Crippen LogP) is 0.638. The summed E-state index contributed by atoms with van der Waals surface area (Å²) in [6.45, 7) is 7.71. The zero-order valence-corrected chi connectivity index (χ0v) is 12.3. The van der Waals surface area contributed by atoms with Crippen molar-refractivity contribution in [2.45, 2.75) is 38.8 Å². The molecule has 0 aromatic rings. The third kappa shape index (κ3) is 3.68. The first-order valence-electron chi connectivity index (χ1n) is 7.15. The van der Waals surface area contributed by atoms with Crippen LogP contribution in [-0.4, -0.2) is 62.9 Å². The van der Waals surface area contributed by atoms with E-state index in [2.05, 4.69) is 5.32 Å². The van der Waals surface area contributed by atoms with Crippen LogP contribution >= 0.6 is 0 Å². The molecular weight excluding hydrogens is 244 g/mol. The van der Waals surface area contributed by atoms with Gasteiger partial charge in [-0.2, -0.15) is 0 Å². The number of hydrogen-bond donors (Lipinski definition) is 1. The highest BCUT2D eigenvalue weighted by atomic mass is 16.5. The molecule has 2 heterocycles. The van der Waals surface area contributed by atoms with Crippen LogP contribution in [0.25, 0.3) is 0 Å². The number of nitrogens with one attached hydrogen (secondary N) is 1. The Kier molecular flexibility index (Phi) is 4.81. The van der Waals surface area contributed by atoms with Crippen molar-refractivity contribution in [1.82, 2.24) is 10.2 Å². The highest BCUT2D eigenvalue weighted by molar-refractivity contribution is 5.83. The minimum absolute atomic E-state index is 0.194. The van der Waals surface area contributed by atoms with E-state index in [1.54, 1.807) is 7.11 Å². The average molecular weight is 270 g/mol. The van der Waals surface area contributed by atoms with Gasteiger partial charge < -0.3 is 19.7 Å². The van der Waals surface area contributed by atoms with Crippen molar-refractivity contribution in [3.63, 3.8) is 0 Å².